The van der Waals surface area contributed by atoms with Crippen molar-refractivity contribution in [2.24, 2.45) is 5.92 Å². The largest absolute Gasteiger partial charge is 0.507 e. The Bertz CT molecular complexity index is 930. The first kappa shape index (κ1) is 19.8. The van der Waals surface area contributed by atoms with Crippen LogP contribution in [0, 0.1) is 5.92 Å². The van der Waals surface area contributed by atoms with E-state index in [4.69, 9.17) is 11.6 Å². The zero-order valence-corrected chi connectivity index (χ0v) is 16.3. The van der Waals surface area contributed by atoms with E-state index < -0.39 is 0 Å². The van der Waals surface area contributed by atoms with Crippen LogP contribution < -0.4 is 5.32 Å². The summed E-state index contributed by atoms with van der Waals surface area (Å²) in [7, 11) is 0. The van der Waals surface area contributed by atoms with Gasteiger partial charge in [-0.3, -0.25) is 4.79 Å². The Morgan fingerprint density at radius 1 is 1.29 bits per heavy atom. The third-order valence-corrected chi connectivity index (χ3v) is 5.00. The molecule has 1 unspecified atom stereocenters. The SMILES string of the molecule is CCC(CCc1cc(Cl)ccc1-c1nnn[nH]1)CNC(=O)c1ccccc1O. The van der Waals surface area contributed by atoms with Crippen molar-refractivity contribution in [3.05, 3.63) is 58.6 Å². The molecule has 1 amide bonds. The molecule has 3 N–H and O–H groups in total. The topological polar surface area (TPSA) is 104 Å². The number of halogens is 1. The molecule has 28 heavy (non-hydrogen) atoms. The number of carbonyl (C=O) groups is 1. The smallest absolute Gasteiger partial charge is 0.255 e. The summed E-state index contributed by atoms with van der Waals surface area (Å²) in [4.78, 5) is 12.3. The number of carbonyl (C=O) groups excluding carboxylic acids is 1. The first-order valence-electron chi connectivity index (χ1n) is 9.17. The number of hydrogen-bond donors (Lipinski definition) is 3. The molecule has 2 aromatic carbocycles. The highest BCUT2D eigenvalue weighted by atomic mass is 35.5. The number of phenolic OH excluding ortho intramolecular Hbond substituents is 1. The van der Waals surface area contributed by atoms with Crippen molar-refractivity contribution in [1.29, 1.82) is 0 Å². The fraction of sp³-hybridized carbons (Fsp3) is 0.300. The molecule has 1 atom stereocenters. The predicted octanol–water partition coefficient (Wildman–Crippen LogP) is 3.61. The number of nitrogens with one attached hydrogen (secondary N) is 2. The molecule has 1 heterocycles. The van der Waals surface area contributed by atoms with Crippen LogP contribution in [0.1, 0.15) is 35.7 Å². The lowest BCUT2D eigenvalue weighted by Crippen LogP contribution is -2.29. The van der Waals surface area contributed by atoms with Gasteiger partial charge in [-0.25, -0.2) is 5.10 Å². The number of para-hydroxylation sites is 1. The summed E-state index contributed by atoms with van der Waals surface area (Å²) in [6, 6.07) is 12.2. The van der Waals surface area contributed by atoms with Gasteiger partial charge in [0, 0.05) is 17.1 Å². The Morgan fingerprint density at radius 2 is 2.11 bits per heavy atom. The molecule has 0 saturated carbocycles. The number of H-pyrrole nitrogens is 1. The number of aromatic amines is 1. The Morgan fingerprint density at radius 3 is 2.82 bits per heavy atom. The second-order valence-corrected chi connectivity index (χ2v) is 7.03. The van der Waals surface area contributed by atoms with Crippen LogP contribution in [-0.4, -0.2) is 38.2 Å². The van der Waals surface area contributed by atoms with Crippen molar-refractivity contribution in [3.63, 3.8) is 0 Å². The van der Waals surface area contributed by atoms with Gasteiger partial charge in [-0.15, -0.1) is 5.10 Å². The summed E-state index contributed by atoms with van der Waals surface area (Å²) in [5, 5.41) is 27.4. The van der Waals surface area contributed by atoms with Gasteiger partial charge in [0.05, 0.1) is 5.56 Å². The van der Waals surface area contributed by atoms with Gasteiger partial charge in [0.1, 0.15) is 5.75 Å². The minimum atomic E-state index is -0.271. The normalized spacial score (nSPS) is 11.9. The monoisotopic (exact) mass is 399 g/mol. The highest BCUT2D eigenvalue weighted by Crippen LogP contribution is 2.26. The van der Waals surface area contributed by atoms with Crippen LogP contribution in [0.15, 0.2) is 42.5 Å². The van der Waals surface area contributed by atoms with Crippen LogP contribution in [0.4, 0.5) is 0 Å². The summed E-state index contributed by atoms with van der Waals surface area (Å²) in [6.07, 6.45) is 2.56. The molecular weight excluding hydrogens is 378 g/mol. The number of rotatable bonds is 8. The number of benzene rings is 2. The Hall–Kier alpha value is -2.93. The molecule has 7 nitrogen and oxygen atoms in total. The molecule has 0 aliphatic carbocycles. The van der Waals surface area contributed by atoms with E-state index >= 15 is 0 Å². The summed E-state index contributed by atoms with van der Waals surface area (Å²) >= 11 is 6.17. The van der Waals surface area contributed by atoms with Crippen molar-refractivity contribution < 1.29 is 9.90 Å². The lowest BCUT2D eigenvalue weighted by Gasteiger charge is -2.17. The van der Waals surface area contributed by atoms with Crippen molar-refractivity contribution in [2.75, 3.05) is 6.54 Å². The van der Waals surface area contributed by atoms with Gasteiger partial charge in [-0.2, -0.15) is 0 Å². The molecule has 146 valence electrons. The number of tetrazole rings is 1. The number of aromatic nitrogens is 4. The maximum absolute atomic E-state index is 12.3. The van der Waals surface area contributed by atoms with Gasteiger partial charge < -0.3 is 10.4 Å². The quantitative estimate of drug-likeness (QED) is 0.536. The molecule has 3 rings (SSSR count). The molecule has 1 aromatic heterocycles. The molecule has 8 heteroatoms. The van der Waals surface area contributed by atoms with Crippen molar-refractivity contribution >= 4 is 17.5 Å². The van der Waals surface area contributed by atoms with E-state index in [0.717, 1.165) is 30.4 Å². The molecule has 0 bridgehead atoms. The maximum Gasteiger partial charge on any atom is 0.255 e. The molecule has 3 aromatic rings. The number of amides is 1. The van der Waals surface area contributed by atoms with Gasteiger partial charge in [0.25, 0.3) is 5.91 Å². The van der Waals surface area contributed by atoms with E-state index in [1.54, 1.807) is 18.2 Å². The van der Waals surface area contributed by atoms with Crippen molar-refractivity contribution in [1.82, 2.24) is 25.9 Å². The summed E-state index contributed by atoms with van der Waals surface area (Å²) in [5.74, 6) is 0.604. The minimum Gasteiger partial charge on any atom is -0.507 e. The average Bonchev–Trinajstić information content (AvgIpc) is 3.23. The number of phenols is 1. The van der Waals surface area contributed by atoms with Crippen molar-refractivity contribution in [2.45, 2.75) is 26.2 Å². The van der Waals surface area contributed by atoms with E-state index in [0.29, 0.717) is 17.4 Å². The zero-order chi connectivity index (χ0) is 19.9. The Kier molecular flexibility index (Phi) is 6.60. The number of aromatic hydroxyl groups is 1. The highest BCUT2D eigenvalue weighted by Gasteiger charge is 2.15. The number of hydrogen-bond acceptors (Lipinski definition) is 5. The van der Waals surface area contributed by atoms with E-state index in [-0.39, 0.29) is 23.1 Å². The van der Waals surface area contributed by atoms with Gasteiger partial charge in [0.15, 0.2) is 5.82 Å². The lowest BCUT2D eigenvalue weighted by atomic mass is 9.94. The van der Waals surface area contributed by atoms with Gasteiger partial charge in [0.2, 0.25) is 0 Å². The second kappa shape index (κ2) is 9.32. The number of nitrogens with zero attached hydrogens (tertiary/aromatic N) is 3. The number of aryl methyl sites for hydroxylation is 1. The molecule has 0 saturated heterocycles. The average molecular weight is 400 g/mol. The first-order valence-corrected chi connectivity index (χ1v) is 9.55. The Balaban J connectivity index is 1.62. The van der Waals surface area contributed by atoms with E-state index in [1.165, 1.54) is 6.07 Å². The van der Waals surface area contributed by atoms with Crippen LogP contribution in [0.2, 0.25) is 5.02 Å². The molecule has 0 aliphatic heterocycles. The third kappa shape index (κ3) is 4.86. The van der Waals surface area contributed by atoms with Crippen molar-refractivity contribution in [3.8, 4) is 17.1 Å². The van der Waals surface area contributed by atoms with Crippen LogP contribution in [0.25, 0.3) is 11.4 Å². The van der Waals surface area contributed by atoms with E-state index in [2.05, 4.69) is 32.9 Å². The van der Waals surface area contributed by atoms with Gasteiger partial charge in [-0.05, 0) is 65.1 Å². The zero-order valence-electron chi connectivity index (χ0n) is 15.5. The van der Waals surface area contributed by atoms with Gasteiger partial charge in [-0.1, -0.05) is 37.1 Å². The molecule has 0 radical (unpaired) electrons. The summed E-state index contributed by atoms with van der Waals surface area (Å²) < 4.78 is 0. The maximum atomic E-state index is 12.3. The first-order chi connectivity index (χ1) is 13.6. The third-order valence-electron chi connectivity index (χ3n) is 4.77. The Labute approximate surface area is 168 Å². The van der Waals surface area contributed by atoms with Crippen LogP contribution in [-0.2, 0) is 6.42 Å². The van der Waals surface area contributed by atoms with Gasteiger partial charge >= 0.3 is 0 Å². The second-order valence-electron chi connectivity index (χ2n) is 6.59. The molecular formula is C20H22ClN5O2. The fourth-order valence-electron chi connectivity index (χ4n) is 3.08. The lowest BCUT2D eigenvalue weighted by molar-refractivity contribution is 0.0943. The van der Waals surface area contributed by atoms with E-state index in [1.807, 2.05) is 18.2 Å². The van der Waals surface area contributed by atoms with Crippen LogP contribution in [0.3, 0.4) is 0 Å². The van der Waals surface area contributed by atoms with E-state index in [9.17, 15) is 9.90 Å². The fourth-order valence-corrected chi connectivity index (χ4v) is 3.28. The van der Waals surface area contributed by atoms with Crippen LogP contribution in [0.5, 0.6) is 5.75 Å². The molecule has 0 fully saturated rings. The summed E-state index contributed by atoms with van der Waals surface area (Å²) in [5.41, 5.74) is 2.26. The molecule has 0 spiro atoms. The van der Waals surface area contributed by atoms with Crippen LogP contribution >= 0.6 is 11.6 Å². The standard InChI is InChI=1S/C20H22ClN5O2/c1-2-13(12-22-20(28)17-5-3-4-6-18(17)27)7-8-14-11-15(21)9-10-16(14)19-23-25-26-24-19/h3-6,9-11,13,27H,2,7-8,12H2,1H3,(H,22,28)(H,23,24,25,26). The summed E-state index contributed by atoms with van der Waals surface area (Å²) in [6.45, 7) is 2.62. The molecule has 0 aliphatic rings. The predicted molar refractivity (Wildman–Crippen MR) is 107 cm³/mol. The highest BCUT2D eigenvalue weighted by molar-refractivity contribution is 6.30. The minimum absolute atomic E-state index is 0.0164.